The van der Waals surface area contributed by atoms with Gasteiger partial charge in [-0.3, -0.25) is 10.1 Å². The Labute approximate surface area is 121 Å². The molecule has 0 radical (unpaired) electrons. The van der Waals surface area contributed by atoms with Gasteiger partial charge in [-0.05, 0) is 19.1 Å². The maximum absolute atomic E-state index is 11.6. The lowest BCUT2D eigenvalue weighted by atomic mass is 10.2. The normalized spacial score (nSPS) is 17.5. The fourth-order valence-electron chi connectivity index (χ4n) is 2.00. The van der Waals surface area contributed by atoms with Crippen LogP contribution in [-0.2, 0) is 14.3 Å². The summed E-state index contributed by atoms with van der Waals surface area (Å²) < 4.78 is 10.2. The summed E-state index contributed by atoms with van der Waals surface area (Å²) in [5.74, 6) is -0.510. The predicted molar refractivity (Wildman–Crippen MR) is 75.1 cm³/mol. The van der Waals surface area contributed by atoms with Gasteiger partial charge in [-0.1, -0.05) is 0 Å². The van der Waals surface area contributed by atoms with Crippen LogP contribution >= 0.6 is 0 Å². The lowest BCUT2D eigenvalue weighted by molar-refractivity contribution is -0.384. The molecule has 0 N–H and O–H groups in total. The SMILES string of the molecule is CCOC1CC(C(=O)OC)=NN1c1ccc([N+](=O)[O-])cc1. The van der Waals surface area contributed by atoms with Crippen LogP contribution in [0.4, 0.5) is 11.4 Å². The van der Waals surface area contributed by atoms with E-state index in [1.165, 1.54) is 24.3 Å². The standard InChI is InChI=1S/C13H15N3O5/c1-3-21-12-8-11(13(17)20-2)14-15(12)9-4-6-10(7-5-9)16(18)19/h4-7,12H,3,8H2,1-2H3. The maximum Gasteiger partial charge on any atom is 0.354 e. The number of nitrogens with zero attached hydrogens (tertiary/aromatic N) is 3. The van der Waals surface area contributed by atoms with Crippen molar-refractivity contribution in [1.82, 2.24) is 0 Å². The molecule has 112 valence electrons. The number of nitro benzene ring substituents is 1. The van der Waals surface area contributed by atoms with E-state index >= 15 is 0 Å². The molecule has 2 rings (SSSR count). The monoisotopic (exact) mass is 293 g/mol. The highest BCUT2D eigenvalue weighted by atomic mass is 16.6. The number of nitro groups is 1. The highest BCUT2D eigenvalue weighted by Gasteiger charge is 2.32. The van der Waals surface area contributed by atoms with Crippen LogP contribution in [0.5, 0.6) is 0 Å². The molecule has 0 amide bonds. The molecule has 1 aliphatic rings. The zero-order valence-electron chi connectivity index (χ0n) is 11.7. The molecule has 0 spiro atoms. The van der Waals surface area contributed by atoms with E-state index in [1.807, 2.05) is 6.92 Å². The van der Waals surface area contributed by atoms with E-state index in [2.05, 4.69) is 9.84 Å². The Morgan fingerprint density at radius 1 is 1.48 bits per heavy atom. The average molecular weight is 293 g/mol. The lowest BCUT2D eigenvalue weighted by Gasteiger charge is -2.22. The quantitative estimate of drug-likeness (QED) is 0.466. The van der Waals surface area contributed by atoms with Crippen molar-refractivity contribution in [2.45, 2.75) is 19.6 Å². The van der Waals surface area contributed by atoms with Crippen LogP contribution in [0.3, 0.4) is 0 Å². The fourth-order valence-corrected chi connectivity index (χ4v) is 2.00. The second-order valence-electron chi connectivity index (χ2n) is 4.27. The van der Waals surface area contributed by atoms with E-state index in [1.54, 1.807) is 12.1 Å². The minimum absolute atomic E-state index is 0.0110. The second kappa shape index (κ2) is 6.31. The lowest BCUT2D eigenvalue weighted by Crippen LogP contribution is -2.29. The van der Waals surface area contributed by atoms with Crippen molar-refractivity contribution in [1.29, 1.82) is 0 Å². The Bertz CT molecular complexity index is 570. The number of hydrogen-bond acceptors (Lipinski definition) is 7. The third-order valence-corrected chi connectivity index (χ3v) is 2.97. The van der Waals surface area contributed by atoms with Crippen molar-refractivity contribution in [2.24, 2.45) is 5.10 Å². The van der Waals surface area contributed by atoms with Crippen molar-refractivity contribution in [3.05, 3.63) is 34.4 Å². The number of anilines is 1. The van der Waals surface area contributed by atoms with E-state index in [9.17, 15) is 14.9 Å². The summed E-state index contributed by atoms with van der Waals surface area (Å²) >= 11 is 0. The molecule has 1 aromatic rings. The van der Waals surface area contributed by atoms with Gasteiger partial charge in [0.15, 0.2) is 11.9 Å². The summed E-state index contributed by atoms with van der Waals surface area (Å²) in [5.41, 5.74) is 0.857. The Kier molecular flexibility index (Phi) is 4.49. The van der Waals surface area contributed by atoms with E-state index in [0.717, 1.165) is 0 Å². The van der Waals surface area contributed by atoms with Crippen molar-refractivity contribution in [3.8, 4) is 0 Å². The maximum atomic E-state index is 11.6. The number of non-ortho nitro benzene ring substituents is 1. The number of esters is 1. The zero-order chi connectivity index (χ0) is 15.4. The Morgan fingerprint density at radius 2 is 2.14 bits per heavy atom. The molecule has 1 unspecified atom stereocenters. The number of ether oxygens (including phenoxy) is 2. The summed E-state index contributed by atoms with van der Waals surface area (Å²) in [6.07, 6.45) is -0.122. The average Bonchev–Trinajstić information content (AvgIpc) is 2.91. The topological polar surface area (TPSA) is 94.3 Å². The Balaban J connectivity index is 2.26. The first-order valence-electron chi connectivity index (χ1n) is 6.38. The van der Waals surface area contributed by atoms with E-state index in [-0.39, 0.29) is 11.4 Å². The molecule has 1 heterocycles. The molecular formula is C13H15N3O5. The van der Waals surface area contributed by atoms with Crippen LogP contribution in [0.15, 0.2) is 29.4 Å². The van der Waals surface area contributed by atoms with Crippen molar-refractivity contribution in [2.75, 3.05) is 18.7 Å². The summed E-state index contributed by atoms with van der Waals surface area (Å²) in [5, 5.41) is 16.4. The first-order valence-corrected chi connectivity index (χ1v) is 6.38. The Hall–Kier alpha value is -2.48. The molecule has 0 bridgehead atoms. The van der Waals surface area contributed by atoms with E-state index < -0.39 is 17.1 Å². The van der Waals surface area contributed by atoms with Crippen LogP contribution in [0.2, 0.25) is 0 Å². The van der Waals surface area contributed by atoms with Crippen LogP contribution in [0.1, 0.15) is 13.3 Å². The molecule has 21 heavy (non-hydrogen) atoms. The number of carbonyl (C=O) groups excluding carboxylic acids is 1. The summed E-state index contributed by atoms with van der Waals surface area (Å²) in [6.45, 7) is 2.29. The molecule has 0 aliphatic carbocycles. The van der Waals surface area contributed by atoms with Gasteiger partial charge >= 0.3 is 5.97 Å². The number of hydrogen-bond donors (Lipinski definition) is 0. The van der Waals surface area contributed by atoms with Crippen LogP contribution in [0.25, 0.3) is 0 Å². The second-order valence-corrected chi connectivity index (χ2v) is 4.27. The minimum Gasteiger partial charge on any atom is -0.464 e. The minimum atomic E-state index is -0.510. The van der Waals surface area contributed by atoms with E-state index in [0.29, 0.717) is 18.7 Å². The molecule has 0 saturated heterocycles. The molecule has 0 saturated carbocycles. The molecule has 8 nitrogen and oxygen atoms in total. The molecule has 0 fully saturated rings. The van der Waals surface area contributed by atoms with Gasteiger partial charge < -0.3 is 9.47 Å². The highest BCUT2D eigenvalue weighted by molar-refractivity contribution is 6.37. The van der Waals surface area contributed by atoms with Gasteiger partial charge in [-0.15, -0.1) is 0 Å². The van der Waals surface area contributed by atoms with Gasteiger partial charge in [0, 0.05) is 25.2 Å². The van der Waals surface area contributed by atoms with Gasteiger partial charge in [0.2, 0.25) is 0 Å². The summed E-state index contributed by atoms with van der Waals surface area (Å²) in [7, 11) is 1.29. The molecular weight excluding hydrogens is 278 g/mol. The third kappa shape index (κ3) is 3.16. The van der Waals surface area contributed by atoms with Gasteiger partial charge in [0.1, 0.15) is 0 Å². The van der Waals surface area contributed by atoms with Crippen LogP contribution < -0.4 is 5.01 Å². The molecule has 0 aromatic heterocycles. The largest absolute Gasteiger partial charge is 0.464 e. The molecule has 1 atom stereocenters. The number of benzene rings is 1. The first-order chi connectivity index (χ1) is 10.1. The first kappa shape index (κ1) is 14.9. The fraction of sp³-hybridized carbons (Fsp3) is 0.385. The van der Waals surface area contributed by atoms with E-state index in [4.69, 9.17) is 4.74 Å². The predicted octanol–water partition coefficient (Wildman–Crippen LogP) is 1.70. The highest BCUT2D eigenvalue weighted by Crippen LogP contribution is 2.27. The molecule has 8 heteroatoms. The van der Waals surface area contributed by atoms with Crippen molar-refractivity contribution < 1.29 is 19.2 Å². The smallest absolute Gasteiger partial charge is 0.354 e. The number of rotatable bonds is 5. The van der Waals surface area contributed by atoms with Crippen molar-refractivity contribution in [3.63, 3.8) is 0 Å². The number of methoxy groups -OCH3 is 1. The molecule has 1 aromatic carbocycles. The molecule has 1 aliphatic heterocycles. The van der Waals surface area contributed by atoms with Gasteiger partial charge in [-0.25, -0.2) is 9.80 Å². The number of carbonyl (C=O) groups is 1. The summed E-state index contributed by atoms with van der Waals surface area (Å²) in [4.78, 5) is 21.7. The summed E-state index contributed by atoms with van der Waals surface area (Å²) in [6, 6.07) is 5.88. The van der Waals surface area contributed by atoms with Crippen LogP contribution in [-0.4, -0.2) is 36.5 Å². The van der Waals surface area contributed by atoms with Crippen LogP contribution in [0, 0.1) is 10.1 Å². The van der Waals surface area contributed by atoms with Gasteiger partial charge in [0.25, 0.3) is 5.69 Å². The zero-order valence-corrected chi connectivity index (χ0v) is 11.7. The number of hydrazone groups is 1. The third-order valence-electron chi connectivity index (χ3n) is 2.97. The van der Waals surface area contributed by atoms with Gasteiger partial charge in [-0.2, -0.15) is 5.10 Å². The van der Waals surface area contributed by atoms with Gasteiger partial charge in [0.05, 0.1) is 17.7 Å². The Morgan fingerprint density at radius 3 is 2.67 bits per heavy atom. The van der Waals surface area contributed by atoms with Crippen molar-refractivity contribution >= 4 is 23.1 Å².